The molecule has 2 atom stereocenters. The Labute approximate surface area is 165 Å². The summed E-state index contributed by atoms with van der Waals surface area (Å²) in [4.78, 5) is 4.34. The molecule has 3 N–H and O–H groups in total. The molecule has 1 aliphatic heterocycles. The maximum absolute atomic E-state index is 13.2. The minimum Gasteiger partial charge on any atom is -0.485 e. The summed E-state index contributed by atoms with van der Waals surface area (Å²) in [5.74, 6) is 0.182. The second kappa shape index (κ2) is 7.64. The normalized spacial score (nSPS) is 20.8. The molecule has 2 aromatic rings. The van der Waals surface area contributed by atoms with Gasteiger partial charge in [-0.2, -0.15) is 18.4 Å². The zero-order chi connectivity index (χ0) is 21.2. The molecule has 0 saturated carbocycles. The van der Waals surface area contributed by atoms with Crippen LogP contribution in [0.5, 0.6) is 5.75 Å². The number of hydrogen-bond acceptors (Lipinski definition) is 4. The fourth-order valence-corrected chi connectivity index (χ4v) is 3.03. The Balaban J connectivity index is 2.07. The van der Waals surface area contributed by atoms with E-state index >= 15 is 0 Å². The molecule has 3 rings (SSSR count). The van der Waals surface area contributed by atoms with Crippen LogP contribution in [-0.4, -0.2) is 22.8 Å². The fraction of sp³-hybridized carbons (Fsp3) is 0.300. The lowest BCUT2D eigenvalue weighted by molar-refractivity contribution is -0.137. The smallest absolute Gasteiger partial charge is 0.416 e. The summed E-state index contributed by atoms with van der Waals surface area (Å²) >= 11 is 0. The van der Waals surface area contributed by atoms with Gasteiger partial charge in [-0.05, 0) is 44.2 Å². The minimum absolute atomic E-state index is 0.0104. The predicted molar refractivity (Wildman–Crippen MR) is 101 cm³/mol. The Morgan fingerprint density at radius 3 is 2.52 bits per heavy atom. The lowest BCUT2D eigenvalue weighted by Gasteiger charge is -2.40. The lowest BCUT2D eigenvalue weighted by Crippen LogP contribution is -2.49. The molecule has 0 saturated heterocycles. The predicted octanol–water partition coefficient (Wildman–Crippen LogP) is 3.82. The highest BCUT2D eigenvalue weighted by atomic mass is 19.4. The molecule has 0 unspecified atom stereocenters. The maximum Gasteiger partial charge on any atom is 0.416 e. The van der Waals surface area contributed by atoms with Crippen molar-refractivity contribution in [3.8, 4) is 11.9 Å². The first-order valence-electron chi connectivity index (χ1n) is 8.75. The van der Waals surface area contributed by atoms with Crippen molar-refractivity contribution in [2.24, 2.45) is 4.99 Å². The SMILES string of the molecule is CC1(C)Oc2ccc(C(F)(F)F)cc2[C@@H](N=C(NC#N)Nc2ccccc2)[C@@H]1O. The van der Waals surface area contributed by atoms with E-state index in [0.29, 0.717) is 5.69 Å². The van der Waals surface area contributed by atoms with Crippen LogP contribution in [0.4, 0.5) is 18.9 Å². The standard InChI is InChI=1S/C20H19F3N4O2/c1-19(2)17(28)16(14-10-12(20(21,22)23)8-9-15(14)29-19)27-18(25-11-24)26-13-6-4-3-5-7-13/h3-10,16-17,28H,1-2H3,(H2,25,26,27)/t16-,17+/m1/s1. The van der Waals surface area contributed by atoms with Crippen molar-refractivity contribution < 1.29 is 23.0 Å². The van der Waals surface area contributed by atoms with Gasteiger partial charge in [0, 0.05) is 11.3 Å². The molecular weight excluding hydrogens is 385 g/mol. The number of nitriles is 1. The molecule has 0 spiro atoms. The van der Waals surface area contributed by atoms with E-state index in [2.05, 4.69) is 15.6 Å². The molecule has 2 aromatic carbocycles. The zero-order valence-electron chi connectivity index (χ0n) is 15.7. The summed E-state index contributed by atoms with van der Waals surface area (Å²) in [6, 6.07) is 10.8. The number of guanidine groups is 1. The Kier molecular flexibility index (Phi) is 5.40. The molecule has 152 valence electrons. The van der Waals surface area contributed by atoms with Gasteiger partial charge in [-0.1, -0.05) is 18.2 Å². The van der Waals surface area contributed by atoms with Gasteiger partial charge in [0.2, 0.25) is 5.96 Å². The summed E-state index contributed by atoms with van der Waals surface area (Å²) in [6.07, 6.45) is -4.08. The van der Waals surface area contributed by atoms with Gasteiger partial charge in [-0.15, -0.1) is 0 Å². The second-order valence-corrected chi connectivity index (χ2v) is 7.05. The summed E-state index contributed by atoms with van der Waals surface area (Å²) in [7, 11) is 0. The summed E-state index contributed by atoms with van der Waals surface area (Å²) in [5, 5.41) is 25.1. The number of halogens is 3. The molecule has 29 heavy (non-hydrogen) atoms. The number of hydrogen-bond donors (Lipinski definition) is 3. The number of para-hydroxylation sites is 1. The second-order valence-electron chi connectivity index (χ2n) is 7.05. The van der Waals surface area contributed by atoms with Gasteiger partial charge >= 0.3 is 6.18 Å². The molecule has 0 aromatic heterocycles. The zero-order valence-corrected chi connectivity index (χ0v) is 15.7. The van der Waals surface area contributed by atoms with Gasteiger partial charge in [-0.3, -0.25) is 5.32 Å². The number of aliphatic imine (C=N–C) groups is 1. The van der Waals surface area contributed by atoms with Gasteiger partial charge in [0.1, 0.15) is 23.5 Å². The number of aliphatic hydroxyl groups is 1. The highest BCUT2D eigenvalue weighted by Gasteiger charge is 2.44. The third-order valence-corrected chi connectivity index (χ3v) is 4.52. The number of nitrogens with one attached hydrogen (secondary N) is 2. The summed E-state index contributed by atoms with van der Waals surface area (Å²) in [5.41, 5.74) is -1.29. The third kappa shape index (κ3) is 4.43. The van der Waals surface area contributed by atoms with Crippen LogP contribution >= 0.6 is 0 Å². The molecular formula is C20H19F3N4O2. The molecule has 0 amide bonds. The first-order chi connectivity index (χ1) is 13.6. The average molecular weight is 404 g/mol. The van der Waals surface area contributed by atoms with Gasteiger partial charge in [0.25, 0.3) is 0 Å². The third-order valence-electron chi connectivity index (χ3n) is 4.52. The highest BCUT2D eigenvalue weighted by molar-refractivity contribution is 5.94. The Morgan fingerprint density at radius 2 is 1.90 bits per heavy atom. The molecule has 6 nitrogen and oxygen atoms in total. The number of aliphatic hydroxyl groups excluding tert-OH is 1. The minimum atomic E-state index is -4.56. The summed E-state index contributed by atoms with van der Waals surface area (Å²) in [6.45, 7) is 3.23. The number of rotatable bonds is 2. The van der Waals surface area contributed by atoms with Crippen LogP contribution in [0.1, 0.15) is 31.0 Å². The van der Waals surface area contributed by atoms with Crippen molar-refractivity contribution in [2.45, 2.75) is 37.8 Å². The van der Waals surface area contributed by atoms with Gasteiger partial charge in [0.05, 0.1) is 5.56 Å². The topological polar surface area (TPSA) is 89.7 Å². The van der Waals surface area contributed by atoms with E-state index in [9.17, 15) is 18.3 Å². The molecule has 1 heterocycles. The average Bonchev–Trinajstić information content (AvgIpc) is 2.65. The number of alkyl halides is 3. The van der Waals surface area contributed by atoms with Crippen molar-refractivity contribution >= 4 is 11.6 Å². The van der Waals surface area contributed by atoms with E-state index in [0.717, 1.165) is 12.1 Å². The van der Waals surface area contributed by atoms with Crippen molar-refractivity contribution in [3.63, 3.8) is 0 Å². The van der Waals surface area contributed by atoms with Crippen molar-refractivity contribution in [1.82, 2.24) is 5.32 Å². The Morgan fingerprint density at radius 1 is 1.21 bits per heavy atom. The molecule has 9 heteroatoms. The van der Waals surface area contributed by atoms with Gasteiger partial charge < -0.3 is 15.2 Å². The van der Waals surface area contributed by atoms with Crippen LogP contribution in [0.3, 0.4) is 0 Å². The first kappa shape index (κ1) is 20.5. The van der Waals surface area contributed by atoms with E-state index in [4.69, 9.17) is 10.00 Å². The molecule has 0 bridgehead atoms. The van der Waals surface area contributed by atoms with Crippen LogP contribution in [-0.2, 0) is 6.18 Å². The lowest BCUT2D eigenvalue weighted by atomic mass is 9.86. The number of ether oxygens (including phenoxy) is 1. The molecule has 0 radical (unpaired) electrons. The van der Waals surface area contributed by atoms with Crippen molar-refractivity contribution in [3.05, 3.63) is 59.7 Å². The number of benzene rings is 2. The Hall–Kier alpha value is -3.25. The van der Waals surface area contributed by atoms with Crippen molar-refractivity contribution in [1.29, 1.82) is 5.26 Å². The van der Waals surface area contributed by atoms with Crippen LogP contribution in [0, 0.1) is 11.5 Å². The number of anilines is 1. The molecule has 0 fully saturated rings. The van der Waals surface area contributed by atoms with Crippen LogP contribution in [0.2, 0.25) is 0 Å². The maximum atomic E-state index is 13.2. The highest BCUT2D eigenvalue weighted by Crippen LogP contribution is 2.44. The first-order valence-corrected chi connectivity index (χ1v) is 8.75. The van der Waals surface area contributed by atoms with Crippen molar-refractivity contribution in [2.75, 3.05) is 5.32 Å². The van der Waals surface area contributed by atoms with E-state index in [1.807, 2.05) is 0 Å². The molecule has 0 aliphatic carbocycles. The molecule has 1 aliphatic rings. The van der Waals surface area contributed by atoms with Crippen LogP contribution in [0.15, 0.2) is 53.5 Å². The Bertz CT molecular complexity index is 952. The van der Waals surface area contributed by atoms with Crippen LogP contribution < -0.4 is 15.4 Å². The van der Waals surface area contributed by atoms with E-state index in [1.165, 1.54) is 6.07 Å². The monoisotopic (exact) mass is 404 g/mol. The van der Waals surface area contributed by atoms with E-state index < -0.39 is 29.5 Å². The van der Waals surface area contributed by atoms with E-state index in [-0.39, 0.29) is 17.3 Å². The van der Waals surface area contributed by atoms with Gasteiger partial charge in [0.15, 0.2) is 6.19 Å². The number of nitrogens with zero attached hydrogens (tertiary/aromatic N) is 2. The summed E-state index contributed by atoms with van der Waals surface area (Å²) < 4.78 is 45.3. The van der Waals surface area contributed by atoms with Gasteiger partial charge in [-0.25, -0.2) is 4.99 Å². The fourth-order valence-electron chi connectivity index (χ4n) is 3.03. The largest absolute Gasteiger partial charge is 0.485 e. The van der Waals surface area contributed by atoms with Crippen LogP contribution in [0.25, 0.3) is 0 Å². The van der Waals surface area contributed by atoms with E-state index in [1.54, 1.807) is 50.4 Å². The quantitative estimate of drug-likeness (QED) is 0.307. The number of fused-ring (bicyclic) bond motifs is 1.